The molecule has 15 heteroatoms. The number of hydrogen-bond donors (Lipinski definition) is 4. The number of pyridine rings is 1. The minimum absolute atomic E-state index is 0.264. The quantitative estimate of drug-likeness (QED) is 0.152. The monoisotopic (exact) mass is 694 g/mol. The maximum Gasteiger partial charge on any atom is 0.411 e. The summed E-state index contributed by atoms with van der Waals surface area (Å²) in [4.78, 5) is 37.4. The van der Waals surface area contributed by atoms with Crippen LogP contribution in [0.25, 0.3) is 22.6 Å². The van der Waals surface area contributed by atoms with Crippen molar-refractivity contribution in [3.8, 4) is 22.6 Å². The Kier molecular flexibility index (Phi) is 8.63. The molecule has 6 rings (SSSR count). The van der Waals surface area contributed by atoms with Crippen molar-refractivity contribution in [2.24, 2.45) is 5.41 Å². The molecule has 0 bridgehead atoms. The van der Waals surface area contributed by atoms with Gasteiger partial charge in [0.2, 0.25) is 0 Å². The van der Waals surface area contributed by atoms with Gasteiger partial charge in [0.25, 0.3) is 5.91 Å². The minimum Gasteiger partial charge on any atom is -0.447 e. The van der Waals surface area contributed by atoms with E-state index in [4.69, 9.17) is 21.7 Å². The number of aromatic nitrogens is 4. The zero-order valence-electron chi connectivity index (χ0n) is 26.9. The summed E-state index contributed by atoms with van der Waals surface area (Å²) in [7, 11) is 0. The lowest BCUT2D eigenvalue weighted by atomic mass is 9.75. The molecule has 2 atom stereocenters. The fourth-order valence-corrected chi connectivity index (χ4v) is 6.38. The van der Waals surface area contributed by atoms with Crippen LogP contribution in [0.15, 0.2) is 73.2 Å². The number of carbonyl (C=O) groups excluding carboxylic acids is 2. The number of ether oxygens (including phenoxy) is 1. The van der Waals surface area contributed by atoms with Gasteiger partial charge in [-0.25, -0.2) is 9.78 Å². The molecule has 4 N–H and O–H groups in total. The van der Waals surface area contributed by atoms with Gasteiger partial charge in [-0.05, 0) is 60.1 Å². The number of benzene rings is 2. The molecule has 2 aromatic carbocycles. The Morgan fingerprint density at radius 2 is 1.84 bits per heavy atom. The van der Waals surface area contributed by atoms with E-state index in [1.165, 1.54) is 11.2 Å². The number of halogens is 4. The topological polar surface area (TPSA) is 149 Å². The molecule has 2 aliphatic rings. The fourth-order valence-electron chi connectivity index (χ4n) is 6.17. The smallest absolute Gasteiger partial charge is 0.411 e. The van der Waals surface area contributed by atoms with E-state index in [1.807, 2.05) is 68.6 Å². The number of rotatable bonds is 9. The number of guanidine groups is 1. The summed E-state index contributed by atoms with van der Waals surface area (Å²) in [6.07, 6.45) is -3.22. The van der Waals surface area contributed by atoms with Crippen molar-refractivity contribution in [3.63, 3.8) is 0 Å². The molecule has 0 unspecified atom stereocenters. The molecule has 1 saturated heterocycles. The largest absolute Gasteiger partial charge is 0.447 e. The van der Waals surface area contributed by atoms with Gasteiger partial charge in [0.15, 0.2) is 11.8 Å². The van der Waals surface area contributed by atoms with E-state index in [9.17, 15) is 22.8 Å². The Labute approximate surface area is 285 Å². The molecule has 1 aliphatic heterocycles. The third-order valence-electron chi connectivity index (χ3n) is 8.65. The van der Waals surface area contributed by atoms with E-state index in [-0.39, 0.29) is 25.2 Å². The Balaban J connectivity index is 1.38. The van der Waals surface area contributed by atoms with Crippen molar-refractivity contribution in [3.05, 3.63) is 89.3 Å². The van der Waals surface area contributed by atoms with Crippen LogP contribution >= 0.6 is 11.6 Å². The highest BCUT2D eigenvalue weighted by Crippen LogP contribution is 2.49. The maximum absolute atomic E-state index is 14.8. The highest BCUT2D eigenvalue weighted by Gasteiger charge is 2.64. The molecule has 3 heterocycles. The van der Waals surface area contributed by atoms with E-state index in [2.05, 4.69) is 25.5 Å². The van der Waals surface area contributed by atoms with Gasteiger partial charge >= 0.3 is 12.3 Å². The van der Waals surface area contributed by atoms with Crippen molar-refractivity contribution >= 4 is 29.6 Å². The van der Waals surface area contributed by atoms with Gasteiger partial charge in [0, 0.05) is 17.3 Å². The minimum atomic E-state index is -4.65. The van der Waals surface area contributed by atoms with Gasteiger partial charge in [-0.1, -0.05) is 68.8 Å². The van der Waals surface area contributed by atoms with E-state index in [1.54, 1.807) is 24.4 Å². The first kappa shape index (κ1) is 33.9. The number of alkyl halides is 3. The Morgan fingerprint density at radius 3 is 2.43 bits per heavy atom. The summed E-state index contributed by atoms with van der Waals surface area (Å²) >= 11 is 6.48. The lowest BCUT2D eigenvalue weighted by Gasteiger charge is -2.35. The number of H-pyrrole nitrogens is 1. The maximum atomic E-state index is 14.8. The van der Waals surface area contributed by atoms with Crippen molar-refractivity contribution < 1.29 is 27.5 Å². The summed E-state index contributed by atoms with van der Waals surface area (Å²) in [5.41, 5.74) is -1.20. The van der Waals surface area contributed by atoms with Crippen LogP contribution in [0, 0.1) is 10.8 Å². The van der Waals surface area contributed by atoms with Gasteiger partial charge < -0.3 is 15.4 Å². The van der Waals surface area contributed by atoms with Gasteiger partial charge in [0.1, 0.15) is 24.0 Å². The van der Waals surface area contributed by atoms with Crippen LogP contribution in [0.2, 0.25) is 5.02 Å². The average Bonchev–Trinajstić information content (AvgIpc) is 3.55. The molecule has 49 heavy (non-hydrogen) atoms. The number of aromatic amines is 1. The molecular weight excluding hydrogens is 661 g/mol. The zero-order chi connectivity index (χ0) is 35.2. The average molecular weight is 695 g/mol. The second kappa shape index (κ2) is 12.5. The molecule has 256 valence electrons. The molecule has 1 saturated carbocycles. The molecular formula is C34H34ClF3N8O3. The van der Waals surface area contributed by atoms with Crippen molar-refractivity contribution in [2.75, 3.05) is 6.61 Å². The van der Waals surface area contributed by atoms with Gasteiger partial charge in [0.05, 0.1) is 16.8 Å². The van der Waals surface area contributed by atoms with Crippen LogP contribution in [0.4, 0.5) is 18.0 Å². The summed E-state index contributed by atoms with van der Waals surface area (Å²) < 4.78 is 46.2. The fraction of sp³-hybridized carbons (Fsp3) is 0.353. The lowest BCUT2D eigenvalue weighted by molar-refractivity contribution is -0.164. The molecule has 2 aromatic heterocycles. The number of nitrogens with zero attached hydrogens (tertiary/aromatic N) is 4. The first-order valence-electron chi connectivity index (χ1n) is 15.5. The number of amides is 2. The lowest BCUT2D eigenvalue weighted by Crippen LogP contribution is -2.49. The van der Waals surface area contributed by atoms with E-state index in [0.717, 1.165) is 11.3 Å². The SMILES string of the molecule is CC(C)(C)C[C@]1(c2ccc(-c3ccccn3)cc2)NC(=N)N([C@H](COC(=O)NC2(C(F)(F)F)CC2)c2ccc(Cl)c(-c3ncn[nH]3)c2)C1=O. The van der Waals surface area contributed by atoms with Gasteiger partial charge in [-0.15, -0.1) is 0 Å². The number of carbonyl (C=O) groups is 2. The molecule has 0 spiro atoms. The van der Waals surface area contributed by atoms with Crippen LogP contribution in [-0.4, -0.2) is 61.3 Å². The van der Waals surface area contributed by atoms with Crippen LogP contribution in [0.5, 0.6) is 0 Å². The predicted octanol–water partition coefficient (Wildman–Crippen LogP) is 6.75. The summed E-state index contributed by atoms with van der Waals surface area (Å²) in [5, 5.41) is 21.1. The number of alkyl carbamates (subject to hydrolysis) is 1. The second-order valence-corrected chi connectivity index (χ2v) is 13.9. The highest BCUT2D eigenvalue weighted by atomic mass is 35.5. The van der Waals surface area contributed by atoms with Crippen LogP contribution in [-0.2, 0) is 15.1 Å². The standard InChI is InChI=1S/C34H34ClF3N8O3/c1-31(2,3)18-33(22-10-7-20(8-11-22)25-6-4-5-15-40-25)28(47)46(29(39)43-33)26(17-49-30(48)44-32(13-14-32)34(36,37)38)21-9-12-24(35)23(16-21)27-41-19-42-45-27/h4-12,15-16,19,26H,13-14,17-18H2,1-3H3,(H2,39,43)(H,44,48)(H,41,42,45)/t26-,33-/m1/s1. The van der Waals surface area contributed by atoms with Gasteiger partial charge in [-0.3, -0.25) is 25.2 Å². The molecule has 2 amide bonds. The third-order valence-corrected chi connectivity index (χ3v) is 8.98. The third kappa shape index (κ3) is 6.69. The summed E-state index contributed by atoms with van der Waals surface area (Å²) in [5.74, 6) is -0.458. The summed E-state index contributed by atoms with van der Waals surface area (Å²) in [6.45, 7) is 5.35. The molecule has 0 radical (unpaired) electrons. The van der Waals surface area contributed by atoms with E-state index in [0.29, 0.717) is 27.5 Å². The number of hydrogen-bond acceptors (Lipinski definition) is 7. The predicted molar refractivity (Wildman–Crippen MR) is 175 cm³/mol. The van der Waals surface area contributed by atoms with Gasteiger partial charge in [-0.2, -0.15) is 18.3 Å². The van der Waals surface area contributed by atoms with Crippen LogP contribution < -0.4 is 10.6 Å². The van der Waals surface area contributed by atoms with Crippen LogP contribution in [0.3, 0.4) is 0 Å². The Bertz CT molecular complexity index is 1860. The first-order chi connectivity index (χ1) is 23.1. The molecule has 2 fully saturated rings. The number of nitrogens with one attached hydrogen (secondary N) is 4. The van der Waals surface area contributed by atoms with Crippen LogP contribution in [0.1, 0.15) is 57.2 Å². The molecule has 1 aliphatic carbocycles. The molecule has 4 aromatic rings. The second-order valence-electron chi connectivity index (χ2n) is 13.5. The Morgan fingerprint density at radius 1 is 1.10 bits per heavy atom. The normalized spacial score (nSPS) is 19.4. The van der Waals surface area contributed by atoms with E-state index >= 15 is 0 Å². The van der Waals surface area contributed by atoms with Crippen molar-refractivity contribution in [1.82, 2.24) is 35.7 Å². The highest BCUT2D eigenvalue weighted by molar-refractivity contribution is 6.33. The van der Waals surface area contributed by atoms with Crippen molar-refractivity contribution in [1.29, 1.82) is 5.41 Å². The molecule has 11 nitrogen and oxygen atoms in total. The first-order valence-corrected chi connectivity index (χ1v) is 15.9. The Hall–Kier alpha value is -4.98. The zero-order valence-corrected chi connectivity index (χ0v) is 27.6. The summed E-state index contributed by atoms with van der Waals surface area (Å²) in [6, 6.07) is 16.5. The van der Waals surface area contributed by atoms with E-state index < -0.39 is 47.3 Å². The van der Waals surface area contributed by atoms with Crippen molar-refractivity contribution in [2.45, 2.75) is 63.3 Å².